The van der Waals surface area contributed by atoms with Gasteiger partial charge in [0.05, 0.1) is 12.8 Å². The molecule has 146 valence electrons. The summed E-state index contributed by atoms with van der Waals surface area (Å²) in [6.07, 6.45) is 0. The van der Waals surface area contributed by atoms with Gasteiger partial charge < -0.3 is 20.7 Å². The molecule has 0 bridgehead atoms. The third-order valence-corrected chi connectivity index (χ3v) is 4.57. The number of nitrogens with two attached hydrogens (primary N) is 1. The highest BCUT2D eigenvalue weighted by atomic mass is 35.5. The number of ether oxygens (including phenoxy) is 1. The Morgan fingerprint density at radius 3 is 2.62 bits per heavy atom. The zero-order valence-electron chi connectivity index (χ0n) is 15.1. The fraction of sp³-hybridized carbons (Fsp3) is 0.0526. The SMILES string of the molecule is COc1ccccc1-n1c(=O)[nH]c2c(/C(N)=N\O)nc(-c3ccc(Cl)cc3)nc21. The largest absolute Gasteiger partial charge is 0.495 e. The number of halogens is 1. The smallest absolute Gasteiger partial charge is 0.332 e. The van der Waals surface area contributed by atoms with Gasteiger partial charge in [0, 0.05) is 10.6 Å². The van der Waals surface area contributed by atoms with Crippen molar-refractivity contribution in [3.8, 4) is 22.8 Å². The number of hydrogen-bond donors (Lipinski definition) is 3. The van der Waals surface area contributed by atoms with Gasteiger partial charge >= 0.3 is 5.69 Å². The van der Waals surface area contributed by atoms with Gasteiger partial charge in [0.25, 0.3) is 0 Å². The molecule has 0 saturated carbocycles. The van der Waals surface area contributed by atoms with E-state index in [1.54, 1.807) is 48.5 Å². The van der Waals surface area contributed by atoms with E-state index in [0.717, 1.165) is 0 Å². The highest BCUT2D eigenvalue weighted by molar-refractivity contribution is 6.30. The molecule has 0 unspecified atom stereocenters. The predicted molar refractivity (Wildman–Crippen MR) is 109 cm³/mol. The van der Waals surface area contributed by atoms with Gasteiger partial charge in [-0.15, -0.1) is 0 Å². The Labute approximate surface area is 169 Å². The normalized spacial score (nSPS) is 11.7. The van der Waals surface area contributed by atoms with E-state index in [0.29, 0.717) is 22.0 Å². The van der Waals surface area contributed by atoms with E-state index in [-0.39, 0.29) is 28.5 Å². The summed E-state index contributed by atoms with van der Waals surface area (Å²) in [5, 5.41) is 12.8. The van der Waals surface area contributed by atoms with Crippen molar-refractivity contribution in [3.05, 3.63) is 69.7 Å². The predicted octanol–water partition coefficient (Wildman–Crippen LogP) is 2.53. The second kappa shape index (κ2) is 7.28. The van der Waals surface area contributed by atoms with Crippen molar-refractivity contribution in [2.24, 2.45) is 10.9 Å². The highest BCUT2D eigenvalue weighted by Gasteiger charge is 2.21. The Kier molecular flexibility index (Phi) is 4.65. The van der Waals surface area contributed by atoms with Crippen molar-refractivity contribution < 1.29 is 9.94 Å². The summed E-state index contributed by atoms with van der Waals surface area (Å²) in [5.74, 6) is 0.493. The number of hydrogen-bond acceptors (Lipinski definition) is 6. The number of aromatic amines is 1. The number of fused-ring (bicyclic) bond motifs is 1. The average Bonchev–Trinajstić information content (AvgIpc) is 3.08. The number of amidine groups is 1. The lowest BCUT2D eigenvalue weighted by atomic mass is 10.2. The van der Waals surface area contributed by atoms with E-state index in [4.69, 9.17) is 22.1 Å². The third kappa shape index (κ3) is 3.17. The van der Waals surface area contributed by atoms with Crippen molar-refractivity contribution in [1.29, 1.82) is 0 Å². The van der Waals surface area contributed by atoms with Gasteiger partial charge in [-0.2, -0.15) is 0 Å². The standard InChI is InChI=1S/C19H15ClN6O3/c1-29-13-5-3-2-4-12(13)26-18-15(23-19(26)27)14(16(21)25-28)22-17(24-18)10-6-8-11(20)9-7-10/h2-9,28H,1H3,(H2,21,25)(H,23,27). The molecule has 4 aromatic rings. The quantitative estimate of drug-likeness (QED) is 0.205. The Hall–Kier alpha value is -3.85. The van der Waals surface area contributed by atoms with Crippen LogP contribution in [0.4, 0.5) is 0 Å². The van der Waals surface area contributed by atoms with Crippen LogP contribution in [-0.2, 0) is 0 Å². The summed E-state index contributed by atoms with van der Waals surface area (Å²) < 4.78 is 6.73. The van der Waals surface area contributed by atoms with E-state index in [9.17, 15) is 10.0 Å². The molecule has 0 radical (unpaired) electrons. The maximum atomic E-state index is 12.8. The molecule has 0 atom stereocenters. The fourth-order valence-electron chi connectivity index (χ4n) is 2.98. The molecule has 0 aliphatic heterocycles. The summed E-state index contributed by atoms with van der Waals surface area (Å²) in [5.41, 5.74) is 7.04. The van der Waals surface area contributed by atoms with E-state index in [2.05, 4.69) is 20.1 Å². The van der Waals surface area contributed by atoms with Crippen LogP contribution in [0.15, 0.2) is 58.5 Å². The Balaban J connectivity index is 2.09. The monoisotopic (exact) mass is 410 g/mol. The van der Waals surface area contributed by atoms with Gasteiger partial charge in [-0.1, -0.05) is 28.9 Å². The number of methoxy groups -OCH3 is 1. The second-order valence-corrected chi connectivity index (χ2v) is 6.46. The summed E-state index contributed by atoms with van der Waals surface area (Å²) in [6, 6.07) is 13.9. The molecule has 0 aliphatic rings. The summed E-state index contributed by atoms with van der Waals surface area (Å²) in [4.78, 5) is 24.4. The van der Waals surface area contributed by atoms with Crippen LogP contribution in [0.2, 0.25) is 5.02 Å². The van der Waals surface area contributed by atoms with Crippen LogP contribution < -0.4 is 16.2 Å². The maximum absolute atomic E-state index is 12.8. The molecule has 29 heavy (non-hydrogen) atoms. The van der Waals surface area contributed by atoms with Crippen LogP contribution in [0.5, 0.6) is 5.75 Å². The van der Waals surface area contributed by atoms with Gasteiger partial charge in [-0.05, 0) is 36.4 Å². The molecule has 4 N–H and O–H groups in total. The Morgan fingerprint density at radius 2 is 1.93 bits per heavy atom. The van der Waals surface area contributed by atoms with E-state index < -0.39 is 5.69 Å². The lowest BCUT2D eigenvalue weighted by molar-refractivity contribution is 0.318. The number of para-hydroxylation sites is 2. The summed E-state index contributed by atoms with van der Waals surface area (Å²) >= 11 is 5.96. The Morgan fingerprint density at radius 1 is 1.21 bits per heavy atom. The van der Waals surface area contributed by atoms with Crippen molar-refractivity contribution in [1.82, 2.24) is 19.5 Å². The lowest BCUT2D eigenvalue weighted by Gasteiger charge is -2.10. The Bertz CT molecular complexity index is 1290. The average molecular weight is 411 g/mol. The molecular formula is C19H15ClN6O3. The number of nitrogens with one attached hydrogen (secondary N) is 1. The van der Waals surface area contributed by atoms with Crippen LogP contribution in [0.25, 0.3) is 28.2 Å². The second-order valence-electron chi connectivity index (χ2n) is 6.02. The molecule has 0 fully saturated rings. The number of aromatic nitrogens is 4. The molecule has 2 aromatic carbocycles. The van der Waals surface area contributed by atoms with Crippen LogP contribution in [0, 0.1) is 0 Å². The minimum Gasteiger partial charge on any atom is -0.495 e. The molecule has 0 amide bonds. The van der Waals surface area contributed by atoms with E-state index in [1.165, 1.54) is 11.7 Å². The van der Waals surface area contributed by atoms with Crippen molar-refractivity contribution in [3.63, 3.8) is 0 Å². The maximum Gasteiger partial charge on any atom is 0.332 e. The molecule has 2 heterocycles. The molecule has 0 spiro atoms. The number of H-pyrrole nitrogens is 1. The molecule has 10 heteroatoms. The summed E-state index contributed by atoms with van der Waals surface area (Å²) in [7, 11) is 1.51. The van der Waals surface area contributed by atoms with Crippen LogP contribution in [0.1, 0.15) is 5.69 Å². The first-order chi connectivity index (χ1) is 14.0. The third-order valence-electron chi connectivity index (χ3n) is 4.32. The van der Waals surface area contributed by atoms with Gasteiger partial charge in [0.2, 0.25) is 0 Å². The highest BCUT2D eigenvalue weighted by Crippen LogP contribution is 2.26. The van der Waals surface area contributed by atoms with Gasteiger partial charge in [0.1, 0.15) is 17.0 Å². The van der Waals surface area contributed by atoms with Gasteiger partial charge in [-0.25, -0.2) is 19.3 Å². The first kappa shape index (κ1) is 18.5. The molecule has 4 rings (SSSR count). The minimum atomic E-state index is -0.473. The van der Waals surface area contributed by atoms with Gasteiger partial charge in [-0.3, -0.25) is 0 Å². The van der Waals surface area contributed by atoms with Crippen LogP contribution >= 0.6 is 11.6 Å². The molecular weight excluding hydrogens is 396 g/mol. The minimum absolute atomic E-state index is 0.0909. The van der Waals surface area contributed by atoms with E-state index in [1.807, 2.05) is 0 Å². The zero-order valence-corrected chi connectivity index (χ0v) is 15.9. The van der Waals surface area contributed by atoms with E-state index >= 15 is 0 Å². The molecule has 0 saturated heterocycles. The number of oxime groups is 1. The van der Waals surface area contributed by atoms with Crippen LogP contribution in [0.3, 0.4) is 0 Å². The van der Waals surface area contributed by atoms with Gasteiger partial charge in [0.15, 0.2) is 17.3 Å². The topological polar surface area (TPSA) is 131 Å². The van der Waals surface area contributed by atoms with Crippen molar-refractivity contribution >= 4 is 28.6 Å². The number of benzene rings is 2. The van der Waals surface area contributed by atoms with Crippen LogP contribution in [-0.4, -0.2) is 37.7 Å². The van der Waals surface area contributed by atoms with Crippen molar-refractivity contribution in [2.45, 2.75) is 0 Å². The fourth-order valence-corrected chi connectivity index (χ4v) is 3.11. The molecule has 9 nitrogen and oxygen atoms in total. The zero-order chi connectivity index (χ0) is 20.5. The molecule has 2 aromatic heterocycles. The molecule has 0 aliphatic carbocycles. The number of rotatable bonds is 4. The first-order valence-corrected chi connectivity index (χ1v) is 8.81. The number of imidazole rings is 1. The van der Waals surface area contributed by atoms with Crippen molar-refractivity contribution in [2.75, 3.05) is 7.11 Å². The summed E-state index contributed by atoms with van der Waals surface area (Å²) in [6.45, 7) is 0. The lowest BCUT2D eigenvalue weighted by Crippen LogP contribution is -2.17. The number of nitrogens with zero attached hydrogens (tertiary/aromatic N) is 4. The first-order valence-electron chi connectivity index (χ1n) is 8.43.